The van der Waals surface area contributed by atoms with Gasteiger partial charge in [0.15, 0.2) is 0 Å². The lowest BCUT2D eigenvalue weighted by molar-refractivity contribution is 0.169. The molecule has 3 nitrogen and oxygen atoms in total. The molecule has 2 N–H and O–H groups in total. The molecule has 0 saturated heterocycles. The van der Waals surface area contributed by atoms with Crippen LogP contribution in [0.3, 0.4) is 0 Å². The largest absolute Gasteiger partial charge is 0.395 e. The van der Waals surface area contributed by atoms with Gasteiger partial charge < -0.3 is 10.2 Å². The number of aliphatic hydroxyl groups excluding tert-OH is 2. The van der Waals surface area contributed by atoms with E-state index >= 15 is 0 Å². The number of aromatic nitrogens is 1. The maximum Gasteiger partial charge on any atom is 0.0957 e. The summed E-state index contributed by atoms with van der Waals surface area (Å²) in [7, 11) is 0. The number of thioether (sulfide) groups is 1. The predicted molar refractivity (Wildman–Crippen MR) is 61.9 cm³/mol. The molecule has 2 atom stereocenters. The Morgan fingerprint density at radius 1 is 1.47 bits per heavy atom. The number of nitrogens with zero attached hydrogens (tertiary/aromatic N) is 1. The first-order chi connectivity index (χ1) is 7.17. The van der Waals surface area contributed by atoms with Crippen molar-refractivity contribution in [3.05, 3.63) is 24.0 Å². The average molecular weight is 227 g/mol. The predicted octanol–water partition coefficient (Wildman–Crippen LogP) is 2.00. The Balaban J connectivity index is 2.64. The van der Waals surface area contributed by atoms with Crippen LogP contribution in [0.1, 0.15) is 32.1 Å². The number of aliphatic hydroxyl groups is 2. The van der Waals surface area contributed by atoms with E-state index in [1.54, 1.807) is 18.0 Å². The molecule has 0 aliphatic carbocycles. The maximum atomic E-state index is 9.54. The van der Waals surface area contributed by atoms with Gasteiger partial charge in [-0.3, -0.25) is 4.98 Å². The van der Waals surface area contributed by atoms with Gasteiger partial charge in [0.2, 0.25) is 0 Å². The Hall–Kier alpha value is -0.580. The monoisotopic (exact) mass is 227 g/mol. The van der Waals surface area contributed by atoms with E-state index in [2.05, 4.69) is 4.98 Å². The summed E-state index contributed by atoms with van der Waals surface area (Å²) in [6, 6.07) is 3.76. The van der Waals surface area contributed by atoms with Crippen LogP contribution in [0.2, 0.25) is 0 Å². The number of rotatable bonds is 5. The SMILES string of the molecule is CC[C@@H](O)c1ccc(SC(C)CO)cn1. The van der Waals surface area contributed by atoms with Gasteiger partial charge in [0.25, 0.3) is 0 Å². The summed E-state index contributed by atoms with van der Waals surface area (Å²) in [4.78, 5) is 5.20. The van der Waals surface area contributed by atoms with Gasteiger partial charge in [-0.1, -0.05) is 13.8 Å². The van der Waals surface area contributed by atoms with Crippen LogP contribution in [0.15, 0.2) is 23.2 Å². The smallest absolute Gasteiger partial charge is 0.0957 e. The first-order valence-electron chi connectivity index (χ1n) is 5.09. The van der Waals surface area contributed by atoms with Gasteiger partial charge in [-0.15, -0.1) is 11.8 Å². The van der Waals surface area contributed by atoms with E-state index in [9.17, 15) is 5.11 Å². The summed E-state index contributed by atoms with van der Waals surface area (Å²) in [6.45, 7) is 4.03. The van der Waals surface area contributed by atoms with Crippen LogP contribution in [0.25, 0.3) is 0 Å². The second-order valence-corrected chi connectivity index (χ2v) is 4.97. The van der Waals surface area contributed by atoms with Crippen molar-refractivity contribution in [2.24, 2.45) is 0 Å². The van der Waals surface area contributed by atoms with Gasteiger partial charge in [-0.05, 0) is 18.6 Å². The minimum absolute atomic E-state index is 0.157. The highest BCUT2D eigenvalue weighted by Gasteiger charge is 2.07. The molecule has 0 fully saturated rings. The van der Waals surface area contributed by atoms with Crippen molar-refractivity contribution in [2.75, 3.05) is 6.61 Å². The van der Waals surface area contributed by atoms with Crippen LogP contribution in [0.4, 0.5) is 0 Å². The average Bonchev–Trinajstić information content (AvgIpc) is 2.29. The van der Waals surface area contributed by atoms with Crippen LogP contribution in [0, 0.1) is 0 Å². The number of hydrogen-bond donors (Lipinski definition) is 2. The zero-order chi connectivity index (χ0) is 11.3. The molecule has 84 valence electrons. The third kappa shape index (κ3) is 3.81. The normalized spacial score (nSPS) is 14.9. The van der Waals surface area contributed by atoms with Crippen molar-refractivity contribution in [1.29, 1.82) is 0 Å². The fourth-order valence-corrected chi connectivity index (χ4v) is 1.94. The summed E-state index contributed by atoms with van der Waals surface area (Å²) in [5.41, 5.74) is 0.707. The maximum absolute atomic E-state index is 9.54. The fraction of sp³-hybridized carbons (Fsp3) is 0.545. The van der Waals surface area contributed by atoms with Gasteiger partial charge in [0.1, 0.15) is 0 Å². The molecule has 0 bridgehead atoms. The van der Waals surface area contributed by atoms with Crippen LogP contribution in [-0.2, 0) is 0 Å². The van der Waals surface area contributed by atoms with E-state index in [-0.39, 0.29) is 11.9 Å². The molecular weight excluding hydrogens is 210 g/mol. The molecule has 15 heavy (non-hydrogen) atoms. The fourth-order valence-electron chi connectivity index (χ4n) is 1.14. The van der Waals surface area contributed by atoms with Crippen molar-refractivity contribution >= 4 is 11.8 Å². The summed E-state index contributed by atoms with van der Waals surface area (Å²) in [5, 5.41) is 18.6. The zero-order valence-corrected chi connectivity index (χ0v) is 9.87. The van der Waals surface area contributed by atoms with Crippen molar-refractivity contribution in [3.8, 4) is 0 Å². The van der Waals surface area contributed by atoms with Gasteiger partial charge in [-0.25, -0.2) is 0 Å². The molecule has 1 aromatic rings. The summed E-state index contributed by atoms with van der Waals surface area (Å²) >= 11 is 1.58. The lowest BCUT2D eigenvalue weighted by Gasteiger charge is -2.09. The molecule has 4 heteroatoms. The lowest BCUT2D eigenvalue weighted by atomic mass is 10.2. The molecule has 1 rings (SSSR count). The van der Waals surface area contributed by atoms with Gasteiger partial charge in [-0.2, -0.15) is 0 Å². The number of hydrogen-bond acceptors (Lipinski definition) is 4. The van der Waals surface area contributed by atoms with Crippen LogP contribution in [0.5, 0.6) is 0 Å². The zero-order valence-electron chi connectivity index (χ0n) is 9.05. The molecule has 1 aromatic heterocycles. The van der Waals surface area contributed by atoms with E-state index in [1.807, 2.05) is 26.0 Å². The molecule has 0 saturated carbocycles. The quantitative estimate of drug-likeness (QED) is 0.755. The Bertz CT molecular complexity index is 289. The van der Waals surface area contributed by atoms with Crippen molar-refractivity contribution in [3.63, 3.8) is 0 Å². The Morgan fingerprint density at radius 2 is 2.20 bits per heavy atom. The van der Waals surface area contributed by atoms with Crippen molar-refractivity contribution < 1.29 is 10.2 Å². The molecule has 1 heterocycles. The third-order valence-corrected chi connectivity index (χ3v) is 3.15. The molecule has 0 aromatic carbocycles. The van der Waals surface area contributed by atoms with Crippen LogP contribution >= 0.6 is 11.8 Å². The summed E-state index contributed by atoms with van der Waals surface area (Å²) in [5.74, 6) is 0. The highest BCUT2D eigenvalue weighted by molar-refractivity contribution is 8.00. The molecule has 0 aliphatic rings. The van der Waals surface area contributed by atoms with Crippen molar-refractivity contribution in [2.45, 2.75) is 36.5 Å². The van der Waals surface area contributed by atoms with Gasteiger partial charge in [0, 0.05) is 16.3 Å². The second-order valence-electron chi connectivity index (χ2n) is 3.45. The molecular formula is C11H17NO2S. The highest BCUT2D eigenvalue weighted by Crippen LogP contribution is 2.23. The van der Waals surface area contributed by atoms with E-state index in [0.717, 1.165) is 4.90 Å². The Kier molecular flexibility index (Phi) is 5.08. The Labute approximate surface area is 94.6 Å². The summed E-state index contributed by atoms with van der Waals surface area (Å²) in [6.07, 6.45) is 1.94. The minimum atomic E-state index is -0.473. The first-order valence-corrected chi connectivity index (χ1v) is 5.96. The standard InChI is InChI=1S/C11H17NO2S/c1-3-11(14)10-5-4-9(6-12-10)15-8(2)7-13/h4-6,8,11,13-14H,3,7H2,1-2H3/t8?,11-/m1/s1. The van der Waals surface area contributed by atoms with Gasteiger partial charge in [0.05, 0.1) is 18.4 Å². The van der Waals surface area contributed by atoms with Crippen LogP contribution in [-0.4, -0.2) is 27.1 Å². The van der Waals surface area contributed by atoms with Crippen LogP contribution < -0.4 is 0 Å². The number of pyridine rings is 1. The highest BCUT2D eigenvalue weighted by atomic mass is 32.2. The van der Waals surface area contributed by atoms with E-state index in [0.29, 0.717) is 12.1 Å². The lowest BCUT2D eigenvalue weighted by Crippen LogP contribution is -2.02. The second kappa shape index (κ2) is 6.10. The molecule has 0 spiro atoms. The third-order valence-electron chi connectivity index (χ3n) is 2.08. The minimum Gasteiger partial charge on any atom is -0.395 e. The van der Waals surface area contributed by atoms with Crippen molar-refractivity contribution in [1.82, 2.24) is 4.98 Å². The molecule has 0 radical (unpaired) electrons. The van der Waals surface area contributed by atoms with E-state index < -0.39 is 6.10 Å². The Morgan fingerprint density at radius 3 is 2.67 bits per heavy atom. The van der Waals surface area contributed by atoms with Gasteiger partial charge >= 0.3 is 0 Å². The molecule has 0 amide bonds. The van der Waals surface area contributed by atoms with E-state index in [1.165, 1.54) is 0 Å². The summed E-state index contributed by atoms with van der Waals surface area (Å²) < 4.78 is 0. The molecule has 0 aliphatic heterocycles. The van der Waals surface area contributed by atoms with E-state index in [4.69, 9.17) is 5.11 Å². The molecule has 1 unspecified atom stereocenters. The topological polar surface area (TPSA) is 53.4 Å². The first kappa shape index (κ1) is 12.5.